The fourth-order valence-electron chi connectivity index (χ4n) is 3.71. The van der Waals surface area contributed by atoms with Gasteiger partial charge in [0.2, 0.25) is 0 Å². The van der Waals surface area contributed by atoms with Gasteiger partial charge in [0.05, 0.1) is 22.1 Å². The number of rotatable bonds is 3. The average Bonchev–Trinajstić information content (AvgIpc) is 3.06. The van der Waals surface area contributed by atoms with Crippen LogP contribution in [-0.4, -0.2) is 9.78 Å². The third-order valence-electron chi connectivity index (χ3n) is 5.11. The summed E-state index contributed by atoms with van der Waals surface area (Å²) in [6, 6.07) is 23.0. The first kappa shape index (κ1) is 18.5. The Hall–Kier alpha value is -2.84. The SMILES string of the molecule is Cc1ccc(-c2cc(-c3ccc(C)cc3C)n(-c3ccccc3Cl)n2)c(C)c1. The van der Waals surface area contributed by atoms with E-state index in [-0.39, 0.29) is 0 Å². The first-order chi connectivity index (χ1) is 13.4. The second-order valence-corrected chi connectivity index (χ2v) is 7.82. The molecule has 3 heteroatoms. The number of aryl methyl sites for hydroxylation is 4. The van der Waals surface area contributed by atoms with Crippen LogP contribution in [0.4, 0.5) is 0 Å². The van der Waals surface area contributed by atoms with E-state index in [4.69, 9.17) is 16.7 Å². The lowest BCUT2D eigenvalue weighted by atomic mass is 10.00. The summed E-state index contributed by atoms with van der Waals surface area (Å²) in [6.45, 7) is 8.50. The highest BCUT2D eigenvalue weighted by molar-refractivity contribution is 6.32. The van der Waals surface area contributed by atoms with Gasteiger partial charge in [0.15, 0.2) is 0 Å². The molecule has 4 rings (SSSR count). The van der Waals surface area contributed by atoms with Gasteiger partial charge in [-0.1, -0.05) is 71.3 Å². The molecular weight excluding hydrogens is 364 g/mol. The number of nitrogens with zero attached hydrogens (tertiary/aromatic N) is 2. The van der Waals surface area contributed by atoms with Crippen molar-refractivity contribution in [3.8, 4) is 28.2 Å². The minimum atomic E-state index is 0.684. The largest absolute Gasteiger partial charge is 0.231 e. The fraction of sp³-hybridized carbons (Fsp3) is 0.160. The smallest absolute Gasteiger partial charge is 0.0936 e. The lowest BCUT2D eigenvalue weighted by Crippen LogP contribution is -2.01. The summed E-state index contributed by atoms with van der Waals surface area (Å²) in [5, 5.41) is 5.66. The van der Waals surface area contributed by atoms with Gasteiger partial charge >= 0.3 is 0 Å². The first-order valence-electron chi connectivity index (χ1n) is 9.44. The molecular formula is C25H23ClN2. The Bertz CT molecular complexity index is 1170. The maximum Gasteiger partial charge on any atom is 0.0936 e. The number of halogens is 1. The number of benzene rings is 3. The van der Waals surface area contributed by atoms with E-state index in [0.29, 0.717) is 5.02 Å². The van der Waals surface area contributed by atoms with Crippen molar-refractivity contribution in [3.05, 3.63) is 94.0 Å². The number of aromatic nitrogens is 2. The summed E-state index contributed by atoms with van der Waals surface area (Å²) in [6.07, 6.45) is 0. The monoisotopic (exact) mass is 386 g/mol. The maximum absolute atomic E-state index is 6.53. The minimum Gasteiger partial charge on any atom is -0.231 e. The molecule has 2 nitrogen and oxygen atoms in total. The van der Waals surface area contributed by atoms with E-state index in [0.717, 1.165) is 28.2 Å². The molecule has 0 atom stereocenters. The molecule has 0 saturated heterocycles. The quantitative estimate of drug-likeness (QED) is 0.367. The van der Waals surface area contributed by atoms with Crippen molar-refractivity contribution in [1.29, 1.82) is 0 Å². The molecule has 140 valence electrons. The van der Waals surface area contributed by atoms with Crippen LogP contribution in [0, 0.1) is 27.7 Å². The van der Waals surface area contributed by atoms with Crippen LogP contribution in [0.3, 0.4) is 0 Å². The molecule has 28 heavy (non-hydrogen) atoms. The second-order valence-electron chi connectivity index (χ2n) is 7.41. The van der Waals surface area contributed by atoms with Gasteiger partial charge in [-0.15, -0.1) is 0 Å². The minimum absolute atomic E-state index is 0.684. The van der Waals surface area contributed by atoms with Crippen LogP contribution in [0.2, 0.25) is 5.02 Å². The Morgan fingerprint density at radius 1 is 0.714 bits per heavy atom. The van der Waals surface area contributed by atoms with Gasteiger partial charge in [-0.3, -0.25) is 0 Å². The molecule has 0 fully saturated rings. The summed E-state index contributed by atoms with van der Waals surface area (Å²) in [4.78, 5) is 0. The molecule has 0 aliphatic rings. The number of para-hydroxylation sites is 1. The van der Waals surface area contributed by atoms with E-state index in [1.54, 1.807) is 0 Å². The van der Waals surface area contributed by atoms with Crippen molar-refractivity contribution in [3.63, 3.8) is 0 Å². The molecule has 1 aromatic heterocycles. The maximum atomic E-state index is 6.53. The summed E-state index contributed by atoms with van der Waals surface area (Å²) in [5.41, 5.74) is 10.1. The van der Waals surface area contributed by atoms with E-state index in [1.807, 2.05) is 28.9 Å². The predicted octanol–water partition coefficient (Wildman–Crippen LogP) is 7.09. The normalized spacial score (nSPS) is 11.0. The Morgan fingerprint density at radius 2 is 1.32 bits per heavy atom. The highest BCUT2D eigenvalue weighted by Crippen LogP contribution is 2.34. The van der Waals surface area contributed by atoms with Gasteiger partial charge in [0.1, 0.15) is 0 Å². The molecule has 0 amide bonds. The number of hydrogen-bond acceptors (Lipinski definition) is 1. The summed E-state index contributed by atoms with van der Waals surface area (Å²) in [5.74, 6) is 0. The lowest BCUT2D eigenvalue weighted by molar-refractivity contribution is 0.890. The first-order valence-corrected chi connectivity index (χ1v) is 9.82. The van der Waals surface area contributed by atoms with Crippen LogP contribution in [0.1, 0.15) is 22.3 Å². The fourth-order valence-corrected chi connectivity index (χ4v) is 3.93. The molecule has 4 aromatic rings. The van der Waals surface area contributed by atoms with Crippen molar-refractivity contribution in [2.75, 3.05) is 0 Å². The third kappa shape index (κ3) is 3.36. The second kappa shape index (κ2) is 7.29. The Kier molecular flexibility index (Phi) is 4.82. The zero-order chi connectivity index (χ0) is 19.8. The molecule has 0 bridgehead atoms. The third-order valence-corrected chi connectivity index (χ3v) is 5.43. The highest BCUT2D eigenvalue weighted by atomic mass is 35.5. The molecule has 0 saturated carbocycles. The molecule has 1 heterocycles. The Morgan fingerprint density at radius 3 is 1.93 bits per heavy atom. The predicted molar refractivity (Wildman–Crippen MR) is 118 cm³/mol. The zero-order valence-electron chi connectivity index (χ0n) is 16.6. The standard InChI is InChI=1S/C25H23ClN2/c1-16-9-11-20(18(3)13-16)23-15-25(21-12-10-17(2)14-19(21)4)28(27-23)24-8-6-5-7-22(24)26/h5-15H,1-4H3. The van der Waals surface area contributed by atoms with E-state index in [9.17, 15) is 0 Å². The van der Waals surface area contributed by atoms with E-state index in [2.05, 4.69) is 70.2 Å². The van der Waals surface area contributed by atoms with Crippen LogP contribution < -0.4 is 0 Å². The van der Waals surface area contributed by atoms with Crippen molar-refractivity contribution in [2.45, 2.75) is 27.7 Å². The van der Waals surface area contributed by atoms with E-state index >= 15 is 0 Å². The van der Waals surface area contributed by atoms with E-state index < -0.39 is 0 Å². The molecule has 0 unspecified atom stereocenters. The van der Waals surface area contributed by atoms with Gasteiger partial charge < -0.3 is 0 Å². The molecule has 0 N–H and O–H groups in total. The van der Waals surface area contributed by atoms with Crippen LogP contribution in [-0.2, 0) is 0 Å². The van der Waals surface area contributed by atoms with Crippen molar-refractivity contribution in [2.24, 2.45) is 0 Å². The molecule has 3 aromatic carbocycles. The van der Waals surface area contributed by atoms with Crippen molar-refractivity contribution < 1.29 is 0 Å². The lowest BCUT2D eigenvalue weighted by Gasteiger charge is -2.11. The Balaban J connectivity index is 1.98. The van der Waals surface area contributed by atoms with Gasteiger partial charge in [0.25, 0.3) is 0 Å². The van der Waals surface area contributed by atoms with Crippen LogP contribution in [0.15, 0.2) is 66.7 Å². The summed E-state index contributed by atoms with van der Waals surface area (Å²) in [7, 11) is 0. The van der Waals surface area contributed by atoms with Gasteiger partial charge in [-0.2, -0.15) is 5.10 Å². The molecule has 0 aliphatic carbocycles. The zero-order valence-corrected chi connectivity index (χ0v) is 17.4. The number of hydrogen-bond donors (Lipinski definition) is 0. The molecule has 0 radical (unpaired) electrons. The van der Waals surface area contributed by atoms with E-state index in [1.165, 1.54) is 22.3 Å². The van der Waals surface area contributed by atoms with Crippen molar-refractivity contribution >= 4 is 11.6 Å². The highest BCUT2D eigenvalue weighted by Gasteiger charge is 2.17. The van der Waals surface area contributed by atoms with Crippen LogP contribution >= 0.6 is 11.6 Å². The van der Waals surface area contributed by atoms with Gasteiger partial charge in [-0.25, -0.2) is 4.68 Å². The van der Waals surface area contributed by atoms with Crippen LogP contribution in [0.25, 0.3) is 28.2 Å². The topological polar surface area (TPSA) is 17.8 Å². The molecule has 0 spiro atoms. The van der Waals surface area contributed by atoms with Gasteiger partial charge in [-0.05, 0) is 57.0 Å². The summed E-state index contributed by atoms with van der Waals surface area (Å²) >= 11 is 6.53. The summed E-state index contributed by atoms with van der Waals surface area (Å²) < 4.78 is 1.97. The van der Waals surface area contributed by atoms with Crippen molar-refractivity contribution in [1.82, 2.24) is 9.78 Å². The Labute approximate surface area is 171 Å². The van der Waals surface area contributed by atoms with Crippen LogP contribution in [0.5, 0.6) is 0 Å². The molecule has 0 aliphatic heterocycles. The average molecular weight is 387 g/mol. The van der Waals surface area contributed by atoms with Gasteiger partial charge in [0, 0.05) is 11.1 Å².